The molecule has 2 rings (SSSR count). The first-order valence-electron chi connectivity index (χ1n) is 4.85. The second kappa shape index (κ2) is 5.01. The average molecular weight is 235 g/mol. The van der Waals surface area contributed by atoms with Crippen molar-refractivity contribution in [2.24, 2.45) is 0 Å². The van der Waals surface area contributed by atoms with Crippen molar-refractivity contribution in [2.75, 3.05) is 11.9 Å². The summed E-state index contributed by atoms with van der Waals surface area (Å²) in [5.41, 5.74) is -0.0336. The first-order chi connectivity index (χ1) is 8.25. The van der Waals surface area contributed by atoms with Crippen LogP contribution < -0.4 is 5.32 Å². The molecule has 0 bridgehead atoms. The molecular weight excluding hydrogens is 226 g/mol. The van der Waals surface area contributed by atoms with Crippen LogP contribution in [0.25, 0.3) is 0 Å². The fourth-order valence-electron chi connectivity index (χ4n) is 1.20. The first kappa shape index (κ1) is 11.0. The predicted molar refractivity (Wildman–Crippen MR) is 57.4 cm³/mol. The normalized spacial score (nSPS) is 10.1. The van der Waals surface area contributed by atoms with E-state index in [1.54, 1.807) is 6.07 Å². The second-order valence-corrected chi connectivity index (χ2v) is 3.18. The SMILES string of the molecule is O=[N+]([O-])c1ccc(NCCc2ncon2)nc1. The summed E-state index contributed by atoms with van der Waals surface area (Å²) in [6.07, 6.45) is 3.06. The highest BCUT2D eigenvalue weighted by Crippen LogP contribution is 2.11. The molecule has 0 fully saturated rings. The van der Waals surface area contributed by atoms with Crippen molar-refractivity contribution < 1.29 is 9.45 Å². The van der Waals surface area contributed by atoms with Gasteiger partial charge in [0.15, 0.2) is 5.82 Å². The van der Waals surface area contributed by atoms with Crippen LogP contribution in [0.4, 0.5) is 11.5 Å². The van der Waals surface area contributed by atoms with Gasteiger partial charge in [-0.1, -0.05) is 5.16 Å². The summed E-state index contributed by atoms with van der Waals surface area (Å²) in [6.45, 7) is 0.574. The molecule has 0 saturated carbocycles. The number of anilines is 1. The molecule has 88 valence electrons. The standard InChI is InChI=1S/C9H9N5O3/c15-14(16)7-1-2-8(11-5-7)10-4-3-9-12-6-17-13-9/h1-2,5-6H,3-4H2,(H,10,11). The number of nitrogens with zero attached hydrogens (tertiary/aromatic N) is 4. The summed E-state index contributed by atoms with van der Waals surface area (Å²) in [5.74, 6) is 1.17. The van der Waals surface area contributed by atoms with Gasteiger partial charge in [-0.2, -0.15) is 4.98 Å². The number of aromatic nitrogens is 3. The lowest BCUT2D eigenvalue weighted by molar-refractivity contribution is -0.385. The van der Waals surface area contributed by atoms with Crippen molar-refractivity contribution in [3.05, 3.63) is 40.7 Å². The van der Waals surface area contributed by atoms with E-state index < -0.39 is 4.92 Å². The molecule has 0 aliphatic carbocycles. The van der Waals surface area contributed by atoms with Gasteiger partial charge in [0.05, 0.1) is 4.92 Å². The van der Waals surface area contributed by atoms with E-state index in [1.807, 2.05) is 0 Å². The van der Waals surface area contributed by atoms with Crippen LogP contribution in [0.5, 0.6) is 0 Å². The number of pyridine rings is 1. The molecule has 17 heavy (non-hydrogen) atoms. The quantitative estimate of drug-likeness (QED) is 0.609. The van der Waals surface area contributed by atoms with Gasteiger partial charge in [0, 0.05) is 19.0 Å². The highest BCUT2D eigenvalue weighted by molar-refractivity contribution is 5.39. The molecule has 8 nitrogen and oxygen atoms in total. The van der Waals surface area contributed by atoms with E-state index >= 15 is 0 Å². The van der Waals surface area contributed by atoms with Crippen LogP contribution in [-0.2, 0) is 6.42 Å². The molecule has 0 saturated heterocycles. The summed E-state index contributed by atoms with van der Waals surface area (Å²) < 4.78 is 4.58. The Morgan fingerprint density at radius 2 is 2.29 bits per heavy atom. The lowest BCUT2D eigenvalue weighted by Gasteiger charge is -2.02. The minimum atomic E-state index is -0.490. The van der Waals surface area contributed by atoms with Crippen molar-refractivity contribution in [1.82, 2.24) is 15.1 Å². The first-order valence-corrected chi connectivity index (χ1v) is 4.85. The maximum atomic E-state index is 10.4. The molecule has 2 heterocycles. The van der Waals surface area contributed by atoms with Crippen molar-refractivity contribution in [2.45, 2.75) is 6.42 Å². The Bertz CT molecular complexity index is 482. The topological polar surface area (TPSA) is 107 Å². The van der Waals surface area contributed by atoms with E-state index in [0.29, 0.717) is 24.6 Å². The molecule has 0 aliphatic heterocycles. The summed E-state index contributed by atoms with van der Waals surface area (Å²) >= 11 is 0. The van der Waals surface area contributed by atoms with E-state index in [0.717, 1.165) is 0 Å². The van der Waals surface area contributed by atoms with Crippen LogP contribution in [-0.4, -0.2) is 26.6 Å². The Morgan fingerprint density at radius 3 is 2.88 bits per heavy atom. The highest BCUT2D eigenvalue weighted by atomic mass is 16.6. The Labute approximate surface area is 95.8 Å². The van der Waals surface area contributed by atoms with Crippen molar-refractivity contribution in [3.63, 3.8) is 0 Å². The number of nitro groups is 1. The molecule has 2 aromatic heterocycles. The lowest BCUT2D eigenvalue weighted by atomic mass is 10.4. The van der Waals surface area contributed by atoms with Crippen LogP contribution in [0.15, 0.2) is 29.2 Å². The largest absolute Gasteiger partial charge is 0.370 e. The van der Waals surface area contributed by atoms with Crippen LogP contribution >= 0.6 is 0 Å². The average Bonchev–Trinajstić information content (AvgIpc) is 2.83. The van der Waals surface area contributed by atoms with Gasteiger partial charge in [0.2, 0.25) is 6.39 Å². The molecule has 0 atom stereocenters. The zero-order chi connectivity index (χ0) is 12.1. The summed E-state index contributed by atoms with van der Waals surface area (Å²) in [4.78, 5) is 17.7. The van der Waals surface area contributed by atoms with Crippen LogP contribution in [0.3, 0.4) is 0 Å². The highest BCUT2D eigenvalue weighted by Gasteiger charge is 2.05. The minimum absolute atomic E-state index is 0.0336. The van der Waals surface area contributed by atoms with Crippen LogP contribution in [0, 0.1) is 10.1 Å². The fraction of sp³-hybridized carbons (Fsp3) is 0.222. The van der Waals surface area contributed by atoms with E-state index in [9.17, 15) is 10.1 Å². The molecule has 0 aromatic carbocycles. The number of rotatable bonds is 5. The Balaban J connectivity index is 1.85. The molecule has 0 unspecified atom stereocenters. The number of nitrogens with one attached hydrogen (secondary N) is 1. The summed E-state index contributed by atoms with van der Waals surface area (Å²) in [7, 11) is 0. The van der Waals surface area contributed by atoms with E-state index in [1.165, 1.54) is 18.7 Å². The maximum absolute atomic E-state index is 10.4. The van der Waals surface area contributed by atoms with E-state index in [-0.39, 0.29) is 5.69 Å². The Hall–Kier alpha value is -2.51. The monoisotopic (exact) mass is 235 g/mol. The smallest absolute Gasteiger partial charge is 0.287 e. The molecule has 1 N–H and O–H groups in total. The van der Waals surface area contributed by atoms with Gasteiger partial charge in [0.1, 0.15) is 12.0 Å². The fourth-order valence-corrected chi connectivity index (χ4v) is 1.20. The molecular formula is C9H9N5O3. The molecule has 0 amide bonds. The molecule has 0 radical (unpaired) electrons. The molecule has 0 aliphatic rings. The van der Waals surface area contributed by atoms with Crippen LogP contribution in [0.1, 0.15) is 5.82 Å². The molecule has 8 heteroatoms. The zero-order valence-corrected chi connectivity index (χ0v) is 8.74. The molecule has 0 spiro atoms. The molecule has 2 aromatic rings. The maximum Gasteiger partial charge on any atom is 0.287 e. The van der Waals surface area contributed by atoms with Gasteiger partial charge >= 0.3 is 0 Å². The van der Waals surface area contributed by atoms with Gasteiger partial charge in [-0.3, -0.25) is 10.1 Å². The van der Waals surface area contributed by atoms with E-state index in [4.69, 9.17) is 0 Å². The summed E-state index contributed by atoms with van der Waals surface area (Å²) in [5, 5.41) is 17.0. The van der Waals surface area contributed by atoms with Gasteiger partial charge in [-0.15, -0.1) is 0 Å². The van der Waals surface area contributed by atoms with Crippen molar-refractivity contribution >= 4 is 11.5 Å². The zero-order valence-electron chi connectivity index (χ0n) is 8.74. The van der Waals surface area contributed by atoms with Gasteiger partial charge in [0.25, 0.3) is 5.69 Å². The van der Waals surface area contributed by atoms with Crippen LogP contribution in [0.2, 0.25) is 0 Å². The van der Waals surface area contributed by atoms with Crippen molar-refractivity contribution in [1.29, 1.82) is 0 Å². The van der Waals surface area contributed by atoms with Gasteiger partial charge in [-0.05, 0) is 6.07 Å². The van der Waals surface area contributed by atoms with Gasteiger partial charge in [-0.25, -0.2) is 4.98 Å². The number of hydrogen-bond acceptors (Lipinski definition) is 7. The lowest BCUT2D eigenvalue weighted by Crippen LogP contribution is -2.07. The van der Waals surface area contributed by atoms with Crippen molar-refractivity contribution in [3.8, 4) is 0 Å². The third-order valence-corrected chi connectivity index (χ3v) is 2.02. The minimum Gasteiger partial charge on any atom is -0.370 e. The second-order valence-electron chi connectivity index (χ2n) is 3.18. The Kier molecular flexibility index (Phi) is 3.24. The third kappa shape index (κ3) is 2.97. The predicted octanol–water partition coefficient (Wildman–Crippen LogP) is 1.03. The number of hydrogen-bond donors (Lipinski definition) is 1. The van der Waals surface area contributed by atoms with Gasteiger partial charge < -0.3 is 9.84 Å². The van der Waals surface area contributed by atoms with E-state index in [2.05, 4.69) is 25.0 Å². The third-order valence-electron chi connectivity index (χ3n) is 2.02. The summed E-state index contributed by atoms with van der Waals surface area (Å²) in [6, 6.07) is 2.94. The Morgan fingerprint density at radius 1 is 1.41 bits per heavy atom.